The summed E-state index contributed by atoms with van der Waals surface area (Å²) >= 11 is 1.09. The number of thiophene rings is 1. The molecule has 1 aromatic rings. The van der Waals surface area contributed by atoms with Crippen LogP contribution >= 0.6 is 11.3 Å². The molecule has 1 fully saturated rings. The van der Waals surface area contributed by atoms with Gasteiger partial charge in [-0.1, -0.05) is 13.8 Å². The highest BCUT2D eigenvalue weighted by molar-refractivity contribution is 7.89. The number of carbonyl (C=O) groups is 1. The maximum Gasteiger partial charge on any atom is 0.349 e. The Kier molecular flexibility index (Phi) is 4.51. The largest absolute Gasteiger partial charge is 0.465 e. The van der Waals surface area contributed by atoms with Crippen LogP contribution in [0, 0.1) is 11.8 Å². The van der Waals surface area contributed by atoms with Gasteiger partial charge in [-0.25, -0.2) is 13.2 Å². The van der Waals surface area contributed by atoms with Crippen LogP contribution in [-0.4, -0.2) is 38.9 Å². The van der Waals surface area contributed by atoms with Crippen LogP contribution in [-0.2, 0) is 14.8 Å². The van der Waals surface area contributed by atoms with Gasteiger partial charge in [0.25, 0.3) is 0 Å². The van der Waals surface area contributed by atoms with Crippen LogP contribution in [0.5, 0.6) is 0 Å². The first-order valence-corrected chi connectivity index (χ1v) is 8.84. The fourth-order valence-electron chi connectivity index (χ4n) is 2.68. The van der Waals surface area contributed by atoms with E-state index in [4.69, 9.17) is 0 Å². The van der Waals surface area contributed by atoms with Gasteiger partial charge in [-0.3, -0.25) is 0 Å². The van der Waals surface area contributed by atoms with Crippen molar-refractivity contribution in [3.63, 3.8) is 0 Å². The zero-order valence-electron chi connectivity index (χ0n) is 11.8. The molecule has 1 saturated heterocycles. The summed E-state index contributed by atoms with van der Waals surface area (Å²) in [5, 5.41) is 1.61. The molecule has 1 aliphatic heterocycles. The molecule has 0 aromatic carbocycles. The van der Waals surface area contributed by atoms with E-state index in [1.54, 1.807) is 5.38 Å². The lowest BCUT2D eigenvalue weighted by atomic mass is 9.94. The molecule has 2 heterocycles. The van der Waals surface area contributed by atoms with E-state index >= 15 is 0 Å². The van der Waals surface area contributed by atoms with Gasteiger partial charge in [0, 0.05) is 13.1 Å². The fraction of sp³-hybridized carbons (Fsp3) is 0.615. The van der Waals surface area contributed by atoms with Crippen LogP contribution < -0.4 is 0 Å². The SMILES string of the molecule is COC(=O)c1sccc1S(=O)(=O)N1CC(C)CC(C)C1. The number of esters is 1. The molecule has 1 aliphatic rings. The van der Waals surface area contributed by atoms with Crippen LogP contribution in [0.3, 0.4) is 0 Å². The van der Waals surface area contributed by atoms with Crippen molar-refractivity contribution in [2.45, 2.75) is 25.2 Å². The van der Waals surface area contributed by atoms with Crippen molar-refractivity contribution in [2.75, 3.05) is 20.2 Å². The lowest BCUT2D eigenvalue weighted by Crippen LogP contribution is -2.42. The smallest absolute Gasteiger partial charge is 0.349 e. The average Bonchev–Trinajstić information content (AvgIpc) is 2.86. The molecule has 0 N–H and O–H groups in total. The van der Waals surface area contributed by atoms with Crippen LogP contribution in [0.4, 0.5) is 0 Å². The van der Waals surface area contributed by atoms with Crippen molar-refractivity contribution >= 4 is 27.3 Å². The van der Waals surface area contributed by atoms with E-state index in [0.717, 1.165) is 17.8 Å². The third-order valence-corrected chi connectivity index (χ3v) is 6.35. The lowest BCUT2D eigenvalue weighted by Gasteiger charge is -2.33. The summed E-state index contributed by atoms with van der Waals surface area (Å²) < 4.78 is 31.5. The molecule has 0 radical (unpaired) electrons. The fourth-order valence-corrected chi connectivity index (χ4v) is 5.67. The predicted molar refractivity (Wildman–Crippen MR) is 77.4 cm³/mol. The van der Waals surface area contributed by atoms with Gasteiger partial charge in [0.1, 0.15) is 9.77 Å². The zero-order chi connectivity index (χ0) is 14.9. The van der Waals surface area contributed by atoms with Crippen molar-refractivity contribution in [2.24, 2.45) is 11.8 Å². The minimum Gasteiger partial charge on any atom is -0.465 e. The summed E-state index contributed by atoms with van der Waals surface area (Å²) in [7, 11) is -2.37. The van der Waals surface area contributed by atoms with Crippen molar-refractivity contribution in [3.8, 4) is 0 Å². The van der Waals surface area contributed by atoms with Gasteiger partial charge in [0.15, 0.2) is 0 Å². The Hall–Kier alpha value is -0.920. The molecular formula is C13H19NO4S2. The molecule has 0 spiro atoms. The standard InChI is InChI=1S/C13H19NO4S2/c1-9-6-10(2)8-14(7-9)20(16,17)11-4-5-19-12(11)13(15)18-3/h4-5,9-10H,6-8H2,1-3H3. The maximum atomic E-state index is 12.7. The van der Waals surface area contributed by atoms with Gasteiger partial charge in [-0.05, 0) is 29.7 Å². The summed E-state index contributed by atoms with van der Waals surface area (Å²) in [6.07, 6.45) is 1.03. The number of piperidine rings is 1. The number of carbonyl (C=O) groups excluding carboxylic acids is 1. The Bertz CT molecular complexity index is 583. The van der Waals surface area contributed by atoms with Gasteiger partial charge < -0.3 is 4.74 Å². The van der Waals surface area contributed by atoms with Gasteiger partial charge >= 0.3 is 5.97 Å². The third-order valence-electron chi connectivity index (χ3n) is 3.45. The number of sulfonamides is 1. The van der Waals surface area contributed by atoms with E-state index in [1.165, 1.54) is 17.5 Å². The van der Waals surface area contributed by atoms with Crippen molar-refractivity contribution < 1.29 is 17.9 Å². The second-order valence-corrected chi connectivity index (χ2v) is 8.20. The molecule has 20 heavy (non-hydrogen) atoms. The number of hydrogen-bond acceptors (Lipinski definition) is 5. The highest BCUT2D eigenvalue weighted by Gasteiger charge is 2.34. The highest BCUT2D eigenvalue weighted by atomic mass is 32.2. The second kappa shape index (κ2) is 5.83. The van der Waals surface area contributed by atoms with Crippen molar-refractivity contribution in [1.82, 2.24) is 4.31 Å². The van der Waals surface area contributed by atoms with E-state index < -0.39 is 16.0 Å². The van der Waals surface area contributed by atoms with Gasteiger partial charge in [-0.2, -0.15) is 4.31 Å². The van der Waals surface area contributed by atoms with Crippen LogP contribution in [0.25, 0.3) is 0 Å². The molecule has 5 nitrogen and oxygen atoms in total. The molecule has 7 heteroatoms. The molecule has 1 aromatic heterocycles. The molecule has 2 rings (SSSR count). The minimum atomic E-state index is -3.63. The van der Waals surface area contributed by atoms with Gasteiger partial charge in [0.05, 0.1) is 7.11 Å². The monoisotopic (exact) mass is 317 g/mol. The summed E-state index contributed by atoms with van der Waals surface area (Å²) in [4.78, 5) is 11.9. The summed E-state index contributed by atoms with van der Waals surface area (Å²) in [5.41, 5.74) is 0. The number of rotatable bonds is 3. The topological polar surface area (TPSA) is 63.7 Å². The van der Waals surface area contributed by atoms with Gasteiger partial charge in [-0.15, -0.1) is 11.3 Å². The van der Waals surface area contributed by atoms with Crippen molar-refractivity contribution in [1.29, 1.82) is 0 Å². The first-order chi connectivity index (χ1) is 9.36. The number of methoxy groups -OCH3 is 1. The number of nitrogens with zero attached hydrogens (tertiary/aromatic N) is 1. The van der Waals surface area contributed by atoms with Crippen LogP contribution in [0.2, 0.25) is 0 Å². The Morgan fingerprint density at radius 1 is 1.35 bits per heavy atom. The summed E-state index contributed by atoms with van der Waals surface area (Å²) in [6.45, 7) is 5.10. The Balaban J connectivity index is 2.36. The third kappa shape index (κ3) is 2.89. The molecule has 0 saturated carbocycles. The Labute approximate surface area is 123 Å². The highest BCUT2D eigenvalue weighted by Crippen LogP contribution is 2.30. The molecule has 0 amide bonds. The Morgan fingerprint density at radius 2 is 1.95 bits per heavy atom. The Morgan fingerprint density at radius 3 is 2.50 bits per heavy atom. The van der Waals surface area contributed by atoms with E-state index in [-0.39, 0.29) is 9.77 Å². The predicted octanol–water partition coefficient (Wildman–Crippen LogP) is 2.20. The lowest BCUT2D eigenvalue weighted by molar-refractivity contribution is 0.0602. The molecule has 2 unspecified atom stereocenters. The number of hydrogen-bond donors (Lipinski definition) is 0. The van der Waals surface area contributed by atoms with Gasteiger partial charge in [0.2, 0.25) is 10.0 Å². The first-order valence-electron chi connectivity index (χ1n) is 6.52. The molecule has 0 bridgehead atoms. The second-order valence-electron chi connectivity index (χ2n) is 5.37. The van der Waals surface area contributed by atoms with E-state index in [0.29, 0.717) is 24.9 Å². The zero-order valence-corrected chi connectivity index (χ0v) is 13.5. The quantitative estimate of drug-likeness (QED) is 0.802. The molecule has 2 atom stereocenters. The van der Waals surface area contributed by atoms with E-state index in [2.05, 4.69) is 4.74 Å². The molecule has 112 valence electrons. The van der Waals surface area contributed by atoms with Crippen LogP contribution in [0.1, 0.15) is 29.9 Å². The van der Waals surface area contributed by atoms with E-state index in [1.807, 2.05) is 13.8 Å². The summed E-state index contributed by atoms with van der Waals surface area (Å²) in [6, 6.07) is 1.48. The average molecular weight is 317 g/mol. The van der Waals surface area contributed by atoms with Crippen LogP contribution in [0.15, 0.2) is 16.3 Å². The minimum absolute atomic E-state index is 0.0654. The number of ether oxygens (including phenoxy) is 1. The normalized spacial score (nSPS) is 24.6. The van der Waals surface area contributed by atoms with Crippen molar-refractivity contribution in [3.05, 3.63) is 16.3 Å². The summed E-state index contributed by atoms with van der Waals surface area (Å²) in [5.74, 6) is 0.0548. The molecule has 0 aliphatic carbocycles. The van der Waals surface area contributed by atoms with E-state index in [9.17, 15) is 13.2 Å². The molecular weight excluding hydrogens is 298 g/mol. The first kappa shape index (κ1) is 15.5. The maximum absolute atomic E-state index is 12.7.